The number of fused-ring (bicyclic) bond motifs is 1. The molecule has 0 amide bonds. The van der Waals surface area contributed by atoms with Gasteiger partial charge < -0.3 is 10.3 Å². The third-order valence-electron chi connectivity index (χ3n) is 3.71. The Morgan fingerprint density at radius 1 is 1.20 bits per heavy atom. The maximum atomic E-state index is 6.35. The lowest BCUT2D eigenvalue weighted by Gasteiger charge is -2.30. The van der Waals surface area contributed by atoms with Crippen LogP contribution in [-0.4, -0.2) is 20.6 Å². The quantitative estimate of drug-likeness (QED) is 0.915. The zero-order chi connectivity index (χ0) is 15.1. The van der Waals surface area contributed by atoms with Gasteiger partial charge in [0.1, 0.15) is 11.3 Å². The molecule has 2 aromatic rings. The molecule has 2 N–H and O–H groups in total. The minimum atomic E-state index is -0.0248. The Morgan fingerprint density at radius 2 is 1.85 bits per heavy atom. The van der Waals surface area contributed by atoms with E-state index in [1.54, 1.807) is 0 Å². The number of aromatic nitrogens is 3. The van der Waals surface area contributed by atoms with Crippen molar-refractivity contribution in [2.24, 2.45) is 11.1 Å². The lowest BCUT2D eigenvalue weighted by molar-refractivity contribution is 0.304. The van der Waals surface area contributed by atoms with Crippen molar-refractivity contribution in [2.45, 2.75) is 59.5 Å². The summed E-state index contributed by atoms with van der Waals surface area (Å²) in [5.41, 5.74) is 8.46. The molecule has 20 heavy (non-hydrogen) atoms. The summed E-state index contributed by atoms with van der Waals surface area (Å²) in [5, 5.41) is 0. The van der Waals surface area contributed by atoms with Gasteiger partial charge in [0.05, 0.1) is 11.7 Å². The Morgan fingerprint density at radius 3 is 2.40 bits per heavy atom. The lowest BCUT2D eigenvalue weighted by atomic mass is 9.85. The highest BCUT2D eigenvalue weighted by Crippen LogP contribution is 2.27. The summed E-state index contributed by atoms with van der Waals surface area (Å²) in [6, 6.07) is 2.10. The molecule has 110 valence electrons. The van der Waals surface area contributed by atoms with Gasteiger partial charge >= 0.3 is 0 Å². The molecule has 0 aromatic carbocycles. The molecule has 2 heterocycles. The molecule has 0 saturated carbocycles. The van der Waals surface area contributed by atoms with E-state index >= 15 is 0 Å². The molecule has 0 bridgehead atoms. The Labute approximate surface area is 121 Å². The van der Waals surface area contributed by atoms with Crippen LogP contribution in [0.4, 0.5) is 0 Å². The molecule has 0 fully saturated rings. The maximum Gasteiger partial charge on any atom is 0.112 e. The summed E-state index contributed by atoms with van der Waals surface area (Å²) in [4.78, 5) is 8.92. The van der Waals surface area contributed by atoms with Crippen LogP contribution in [0.25, 0.3) is 11.0 Å². The van der Waals surface area contributed by atoms with Crippen molar-refractivity contribution in [2.75, 3.05) is 0 Å². The van der Waals surface area contributed by atoms with E-state index in [-0.39, 0.29) is 17.0 Å². The van der Waals surface area contributed by atoms with Crippen molar-refractivity contribution in [3.8, 4) is 0 Å². The van der Waals surface area contributed by atoms with Crippen LogP contribution < -0.4 is 5.73 Å². The number of hydrogen-bond donors (Lipinski definition) is 1. The fourth-order valence-electron chi connectivity index (χ4n) is 2.37. The zero-order valence-electron chi connectivity index (χ0n) is 13.4. The summed E-state index contributed by atoms with van der Waals surface area (Å²) in [7, 11) is 0. The molecule has 2 aromatic heterocycles. The lowest BCUT2D eigenvalue weighted by Crippen LogP contribution is -2.38. The first kappa shape index (κ1) is 15.0. The molecule has 0 aliphatic carbocycles. The molecule has 1 atom stereocenters. The van der Waals surface area contributed by atoms with Crippen molar-refractivity contribution in [3.05, 3.63) is 24.3 Å². The molecule has 0 saturated heterocycles. The average molecular weight is 274 g/mol. The minimum Gasteiger partial charge on any atom is -0.327 e. The highest BCUT2D eigenvalue weighted by molar-refractivity contribution is 5.75. The Balaban J connectivity index is 2.53. The molecule has 0 aliphatic rings. The van der Waals surface area contributed by atoms with Gasteiger partial charge in [-0.15, -0.1) is 0 Å². The van der Waals surface area contributed by atoms with Crippen LogP contribution >= 0.6 is 0 Å². The van der Waals surface area contributed by atoms with Gasteiger partial charge in [-0.05, 0) is 32.3 Å². The fraction of sp³-hybridized carbons (Fsp3) is 0.625. The number of nitrogens with zero attached hydrogens (tertiary/aromatic N) is 3. The van der Waals surface area contributed by atoms with Crippen LogP contribution in [0.15, 0.2) is 18.5 Å². The van der Waals surface area contributed by atoms with Gasteiger partial charge in [-0.2, -0.15) is 0 Å². The summed E-state index contributed by atoms with van der Waals surface area (Å²) in [6.45, 7) is 13.1. The van der Waals surface area contributed by atoms with Crippen LogP contribution in [-0.2, 0) is 12.0 Å². The predicted octanol–water partition coefficient (Wildman–Crippen LogP) is 3.10. The summed E-state index contributed by atoms with van der Waals surface area (Å²) in [5.74, 6) is 1.04. The highest BCUT2D eigenvalue weighted by atomic mass is 15.1. The van der Waals surface area contributed by atoms with Crippen molar-refractivity contribution in [1.29, 1.82) is 0 Å². The molecule has 0 radical (unpaired) electrons. The normalized spacial score (nSPS) is 14.8. The first-order valence-corrected chi connectivity index (χ1v) is 7.18. The summed E-state index contributed by atoms with van der Waals surface area (Å²) >= 11 is 0. The van der Waals surface area contributed by atoms with E-state index in [0.29, 0.717) is 0 Å². The van der Waals surface area contributed by atoms with E-state index in [0.717, 1.165) is 23.3 Å². The third-order valence-corrected chi connectivity index (χ3v) is 3.71. The second kappa shape index (κ2) is 4.85. The first-order chi connectivity index (χ1) is 9.10. The molecule has 0 spiro atoms. The van der Waals surface area contributed by atoms with Crippen molar-refractivity contribution in [3.63, 3.8) is 0 Å². The molecular formula is C16H26N4. The van der Waals surface area contributed by atoms with Gasteiger partial charge in [0, 0.05) is 24.2 Å². The van der Waals surface area contributed by atoms with Crippen molar-refractivity contribution < 1.29 is 0 Å². The number of imidazole rings is 1. The number of nitrogens with two attached hydrogens (primary N) is 1. The van der Waals surface area contributed by atoms with Gasteiger partial charge in [-0.1, -0.05) is 20.8 Å². The van der Waals surface area contributed by atoms with E-state index in [9.17, 15) is 0 Å². The fourth-order valence-corrected chi connectivity index (χ4v) is 2.37. The topological polar surface area (TPSA) is 56.7 Å². The number of rotatable bonds is 2. The van der Waals surface area contributed by atoms with Gasteiger partial charge in [0.2, 0.25) is 0 Å². The van der Waals surface area contributed by atoms with E-state index in [2.05, 4.69) is 51.1 Å². The number of hydrogen-bond acceptors (Lipinski definition) is 3. The van der Waals surface area contributed by atoms with Gasteiger partial charge in [-0.3, -0.25) is 4.98 Å². The van der Waals surface area contributed by atoms with Gasteiger partial charge in [0.25, 0.3) is 0 Å². The number of pyridine rings is 1. The van der Waals surface area contributed by atoms with E-state index < -0.39 is 0 Å². The Kier molecular flexibility index (Phi) is 3.63. The molecule has 1 unspecified atom stereocenters. The second-order valence-corrected chi connectivity index (χ2v) is 7.58. The predicted molar refractivity (Wildman–Crippen MR) is 83.7 cm³/mol. The molecule has 4 heteroatoms. The molecule has 2 rings (SSSR count). The monoisotopic (exact) mass is 274 g/mol. The SMILES string of the molecule is CC(C)(C)C(N)Cc1nc2cnccc2n1C(C)(C)C. The highest BCUT2D eigenvalue weighted by Gasteiger charge is 2.26. The third kappa shape index (κ3) is 2.85. The minimum absolute atomic E-state index is 0.0248. The van der Waals surface area contributed by atoms with Crippen LogP contribution in [0.1, 0.15) is 47.4 Å². The smallest absolute Gasteiger partial charge is 0.112 e. The molecule has 4 nitrogen and oxygen atoms in total. The van der Waals surface area contributed by atoms with E-state index in [4.69, 9.17) is 10.7 Å². The van der Waals surface area contributed by atoms with Crippen molar-refractivity contribution in [1.82, 2.24) is 14.5 Å². The maximum absolute atomic E-state index is 6.35. The van der Waals surface area contributed by atoms with Crippen LogP contribution in [0, 0.1) is 5.41 Å². The largest absolute Gasteiger partial charge is 0.327 e. The van der Waals surface area contributed by atoms with Gasteiger partial charge in [0.15, 0.2) is 0 Å². The standard InChI is InChI=1S/C16H26N4/c1-15(2,3)13(17)9-14-19-11-10-18-8-7-12(11)20(14)16(4,5)6/h7-8,10,13H,9,17H2,1-6H3. The second-order valence-electron chi connectivity index (χ2n) is 7.58. The van der Waals surface area contributed by atoms with Crippen LogP contribution in [0.5, 0.6) is 0 Å². The van der Waals surface area contributed by atoms with E-state index in [1.165, 1.54) is 0 Å². The first-order valence-electron chi connectivity index (χ1n) is 7.18. The summed E-state index contributed by atoms with van der Waals surface area (Å²) < 4.78 is 2.29. The zero-order valence-corrected chi connectivity index (χ0v) is 13.4. The van der Waals surface area contributed by atoms with E-state index in [1.807, 2.05) is 18.5 Å². The molecule has 0 aliphatic heterocycles. The Hall–Kier alpha value is -1.42. The molecular weight excluding hydrogens is 248 g/mol. The van der Waals surface area contributed by atoms with Gasteiger partial charge in [-0.25, -0.2) is 4.98 Å². The Bertz CT molecular complexity index is 599. The van der Waals surface area contributed by atoms with Crippen molar-refractivity contribution >= 4 is 11.0 Å². The summed E-state index contributed by atoms with van der Waals surface area (Å²) in [6.07, 6.45) is 4.42. The van der Waals surface area contributed by atoms with Crippen LogP contribution in [0.2, 0.25) is 0 Å². The van der Waals surface area contributed by atoms with Crippen LogP contribution in [0.3, 0.4) is 0 Å². The average Bonchev–Trinajstić information content (AvgIpc) is 2.64.